The molecule has 0 radical (unpaired) electrons. The molecule has 6 rings (SSSR count). The lowest BCUT2D eigenvalue weighted by molar-refractivity contribution is 0.0392. The molecule has 1 aromatic carbocycles. The van der Waals surface area contributed by atoms with E-state index in [-0.39, 0.29) is 5.56 Å². The second-order valence-electron chi connectivity index (χ2n) is 8.89. The molecule has 2 saturated heterocycles. The van der Waals surface area contributed by atoms with Crippen LogP contribution in [0, 0.1) is 0 Å². The summed E-state index contributed by atoms with van der Waals surface area (Å²) in [6.07, 6.45) is 10.6. The monoisotopic (exact) mass is 361 g/mol. The van der Waals surface area contributed by atoms with Crippen molar-refractivity contribution in [1.82, 2.24) is 14.0 Å². The molecule has 2 bridgehead atoms. The fraction of sp³-hybridized carbons (Fsp3) is 0.522. The molecule has 0 N–H and O–H groups in total. The average Bonchev–Trinajstić information content (AvgIpc) is 3.01. The van der Waals surface area contributed by atoms with E-state index in [2.05, 4.69) is 51.5 Å². The Kier molecular flexibility index (Phi) is 3.37. The summed E-state index contributed by atoms with van der Waals surface area (Å²) in [5, 5.41) is 2.11. The first-order valence-electron chi connectivity index (χ1n) is 10.6. The Morgan fingerprint density at radius 1 is 1.00 bits per heavy atom. The van der Waals surface area contributed by atoms with Gasteiger partial charge in [0.2, 0.25) is 0 Å². The van der Waals surface area contributed by atoms with Gasteiger partial charge in [-0.1, -0.05) is 24.6 Å². The van der Waals surface area contributed by atoms with E-state index in [1.54, 1.807) is 0 Å². The summed E-state index contributed by atoms with van der Waals surface area (Å²) >= 11 is 0. The summed E-state index contributed by atoms with van der Waals surface area (Å²) < 4.78 is 4.52. The minimum absolute atomic E-state index is 0.234. The van der Waals surface area contributed by atoms with Crippen LogP contribution in [0.2, 0.25) is 0 Å². The lowest BCUT2D eigenvalue weighted by Gasteiger charge is -2.47. The molecule has 0 aliphatic carbocycles. The van der Waals surface area contributed by atoms with Crippen LogP contribution in [0.15, 0.2) is 35.3 Å². The Balaban J connectivity index is 1.58. The van der Waals surface area contributed by atoms with Gasteiger partial charge in [-0.05, 0) is 57.2 Å². The van der Waals surface area contributed by atoms with Crippen molar-refractivity contribution >= 4 is 21.8 Å². The Hall–Kier alpha value is -2.07. The fourth-order valence-electron chi connectivity index (χ4n) is 6.20. The third-order valence-electron chi connectivity index (χ3n) is 7.55. The molecule has 2 aromatic heterocycles. The number of fused-ring (bicyclic) bond motifs is 5. The molecular weight excluding hydrogens is 334 g/mol. The topological polar surface area (TPSA) is 30.2 Å². The van der Waals surface area contributed by atoms with Gasteiger partial charge in [-0.15, -0.1) is 0 Å². The SMILES string of the molecule is CN1C2CCCC1CC(n1cc3c4c(c1=O)c1ccccc1n4CCC3)C2. The van der Waals surface area contributed by atoms with E-state index in [1.165, 1.54) is 35.9 Å². The highest BCUT2D eigenvalue weighted by Gasteiger charge is 2.37. The summed E-state index contributed by atoms with van der Waals surface area (Å²) in [5.41, 5.74) is 4.04. The fourth-order valence-corrected chi connectivity index (χ4v) is 6.20. The number of rotatable bonds is 1. The van der Waals surface area contributed by atoms with Gasteiger partial charge in [0.05, 0.1) is 10.9 Å². The molecule has 2 atom stereocenters. The molecule has 27 heavy (non-hydrogen) atoms. The Morgan fingerprint density at radius 2 is 1.78 bits per heavy atom. The van der Waals surface area contributed by atoms with Crippen LogP contribution in [0.5, 0.6) is 0 Å². The highest BCUT2D eigenvalue weighted by molar-refractivity contribution is 6.08. The van der Waals surface area contributed by atoms with Gasteiger partial charge in [0.25, 0.3) is 5.56 Å². The summed E-state index contributed by atoms with van der Waals surface area (Å²) in [7, 11) is 2.29. The van der Waals surface area contributed by atoms with Crippen LogP contribution < -0.4 is 5.56 Å². The van der Waals surface area contributed by atoms with Crippen LogP contribution in [0.4, 0.5) is 0 Å². The number of nitrogens with zero attached hydrogens (tertiary/aromatic N) is 3. The zero-order valence-corrected chi connectivity index (χ0v) is 16.0. The van der Waals surface area contributed by atoms with Crippen LogP contribution in [-0.2, 0) is 13.0 Å². The highest BCUT2D eigenvalue weighted by Crippen LogP contribution is 2.39. The third kappa shape index (κ3) is 2.16. The lowest BCUT2D eigenvalue weighted by Crippen LogP contribution is -2.51. The average molecular weight is 361 g/mol. The number of piperidine rings is 2. The van der Waals surface area contributed by atoms with Crippen molar-refractivity contribution in [3.05, 3.63) is 46.4 Å². The number of aromatic nitrogens is 2. The molecule has 3 aromatic rings. The second-order valence-corrected chi connectivity index (χ2v) is 8.89. The molecule has 0 spiro atoms. The molecule has 2 fully saturated rings. The van der Waals surface area contributed by atoms with E-state index < -0.39 is 0 Å². The molecule has 0 amide bonds. The molecule has 140 valence electrons. The van der Waals surface area contributed by atoms with E-state index >= 15 is 0 Å². The molecule has 4 heteroatoms. The van der Waals surface area contributed by atoms with Gasteiger partial charge in [-0.25, -0.2) is 0 Å². The van der Waals surface area contributed by atoms with Gasteiger partial charge in [0.1, 0.15) is 0 Å². The molecule has 3 aliphatic heterocycles. The van der Waals surface area contributed by atoms with Crippen LogP contribution in [0.3, 0.4) is 0 Å². The number of hydrogen-bond acceptors (Lipinski definition) is 2. The lowest BCUT2D eigenvalue weighted by atomic mass is 9.82. The number of hydrogen-bond donors (Lipinski definition) is 0. The third-order valence-corrected chi connectivity index (χ3v) is 7.55. The Labute approximate surface area is 159 Å². The van der Waals surface area contributed by atoms with Crippen molar-refractivity contribution < 1.29 is 0 Å². The maximum absolute atomic E-state index is 13.7. The maximum Gasteiger partial charge on any atom is 0.260 e. The normalized spacial score (nSPS) is 28.1. The zero-order valence-electron chi connectivity index (χ0n) is 16.0. The van der Waals surface area contributed by atoms with Crippen molar-refractivity contribution in [3.63, 3.8) is 0 Å². The minimum atomic E-state index is 0.234. The smallest absolute Gasteiger partial charge is 0.260 e. The first-order chi connectivity index (χ1) is 13.2. The van der Waals surface area contributed by atoms with Crippen molar-refractivity contribution in [2.45, 2.75) is 69.6 Å². The van der Waals surface area contributed by atoms with Crippen LogP contribution >= 0.6 is 0 Å². The number of pyridine rings is 1. The molecule has 4 nitrogen and oxygen atoms in total. The summed E-state index contributed by atoms with van der Waals surface area (Å²) in [4.78, 5) is 16.3. The zero-order chi connectivity index (χ0) is 18.1. The summed E-state index contributed by atoms with van der Waals surface area (Å²) in [5.74, 6) is 0. The first kappa shape index (κ1) is 15.9. The predicted octanol–water partition coefficient (Wildman–Crippen LogP) is 4.09. The van der Waals surface area contributed by atoms with Crippen molar-refractivity contribution in [2.24, 2.45) is 0 Å². The molecule has 0 saturated carbocycles. The van der Waals surface area contributed by atoms with Crippen molar-refractivity contribution in [3.8, 4) is 0 Å². The van der Waals surface area contributed by atoms with Crippen LogP contribution in [-0.4, -0.2) is 33.2 Å². The van der Waals surface area contributed by atoms with Gasteiger partial charge in [0, 0.05) is 41.8 Å². The van der Waals surface area contributed by atoms with Crippen LogP contribution in [0.25, 0.3) is 21.8 Å². The quantitative estimate of drug-likeness (QED) is 0.653. The number of para-hydroxylation sites is 1. The molecular formula is C23H27N3O. The maximum atomic E-state index is 13.7. The summed E-state index contributed by atoms with van der Waals surface area (Å²) in [6.45, 7) is 1.03. The van der Waals surface area contributed by atoms with E-state index in [0.717, 1.165) is 43.0 Å². The van der Waals surface area contributed by atoms with E-state index in [1.807, 2.05) is 0 Å². The summed E-state index contributed by atoms with van der Waals surface area (Å²) in [6, 6.07) is 10.1. The standard InChI is InChI=1S/C23H27N3O/c1-24-16-7-4-8-17(24)13-18(12-16)26-14-15-6-5-11-25-20-10-3-2-9-19(20)21(22(15)25)23(26)27/h2-3,9-10,14,16-18H,4-8,11-13H2,1H3. The first-order valence-corrected chi connectivity index (χ1v) is 10.6. The largest absolute Gasteiger partial charge is 0.340 e. The van der Waals surface area contributed by atoms with Crippen molar-refractivity contribution in [2.75, 3.05) is 7.05 Å². The van der Waals surface area contributed by atoms with Gasteiger partial charge in [0.15, 0.2) is 0 Å². The minimum Gasteiger partial charge on any atom is -0.340 e. The molecule has 3 aliphatic rings. The van der Waals surface area contributed by atoms with Crippen LogP contribution in [0.1, 0.15) is 50.1 Å². The van der Waals surface area contributed by atoms with E-state index in [0.29, 0.717) is 18.1 Å². The van der Waals surface area contributed by atoms with Gasteiger partial charge >= 0.3 is 0 Å². The second kappa shape index (κ2) is 5.71. The van der Waals surface area contributed by atoms with E-state index in [4.69, 9.17) is 0 Å². The van der Waals surface area contributed by atoms with Crippen molar-refractivity contribution in [1.29, 1.82) is 0 Å². The van der Waals surface area contributed by atoms with E-state index in [9.17, 15) is 4.79 Å². The van der Waals surface area contributed by atoms with Gasteiger partial charge in [-0.3, -0.25) is 4.79 Å². The Morgan fingerprint density at radius 3 is 2.59 bits per heavy atom. The van der Waals surface area contributed by atoms with Gasteiger partial charge in [-0.2, -0.15) is 0 Å². The highest BCUT2D eigenvalue weighted by atomic mass is 16.1. The number of aryl methyl sites for hydroxylation is 2. The molecule has 5 heterocycles. The number of benzene rings is 1. The Bertz CT molecular complexity index is 1090. The van der Waals surface area contributed by atoms with Gasteiger partial charge < -0.3 is 14.0 Å². The molecule has 2 unspecified atom stereocenters. The predicted molar refractivity (Wildman–Crippen MR) is 109 cm³/mol.